The van der Waals surface area contributed by atoms with Crippen molar-refractivity contribution in [2.45, 2.75) is 25.4 Å². The number of nitrogens with zero attached hydrogens (tertiary/aromatic N) is 2. The molecule has 0 aliphatic carbocycles. The van der Waals surface area contributed by atoms with Crippen LogP contribution in [0.15, 0.2) is 48.0 Å². The second kappa shape index (κ2) is 7.02. The Bertz CT molecular complexity index is 868. The van der Waals surface area contributed by atoms with Crippen molar-refractivity contribution < 1.29 is 4.79 Å². The molecule has 1 aromatic carbocycles. The number of benzene rings is 1. The van der Waals surface area contributed by atoms with Gasteiger partial charge in [-0.05, 0) is 54.4 Å². The van der Waals surface area contributed by atoms with E-state index in [2.05, 4.69) is 38.4 Å². The number of rotatable bonds is 4. The highest BCUT2D eigenvalue weighted by atomic mass is 32.1. The molecule has 1 fully saturated rings. The van der Waals surface area contributed by atoms with Gasteiger partial charge in [0.25, 0.3) is 5.91 Å². The number of hydrogen-bond acceptors (Lipinski definition) is 3. The van der Waals surface area contributed by atoms with E-state index in [1.54, 1.807) is 11.3 Å². The molecule has 1 amide bonds. The molecule has 130 valence electrons. The van der Waals surface area contributed by atoms with Gasteiger partial charge in [0.15, 0.2) is 0 Å². The molecule has 4 rings (SSSR count). The molecular formula is C20H23N3OS. The van der Waals surface area contributed by atoms with Crippen molar-refractivity contribution in [3.05, 3.63) is 58.4 Å². The summed E-state index contributed by atoms with van der Waals surface area (Å²) in [5.74, 6) is 0.0334. The van der Waals surface area contributed by atoms with Crippen LogP contribution in [0.2, 0.25) is 0 Å². The van der Waals surface area contributed by atoms with E-state index >= 15 is 0 Å². The smallest absolute Gasteiger partial charge is 0.251 e. The summed E-state index contributed by atoms with van der Waals surface area (Å²) in [6, 6.07) is 12.5. The molecule has 1 N–H and O–H groups in total. The highest BCUT2D eigenvalue weighted by Gasteiger charge is 2.22. The maximum absolute atomic E-state index is 12.7. The average Bonchev–Trinajstić information content (AvgIpc) is 3.25. The highest BCUT2D eigenvalue weighted by Crippen LogP contribution is 2.19. The molecule has 1 unspecified atom stereocenters. The van der Waals surface area contributed by atoms with Gasteiger partial charge < -0.3 is 9.88 Å². The zero-order chi connectivity index (χ0) is 17.2. The Kier molecular flexibility index (Phi) is 4.59. The van der Waals surface area contributed by atoms with E-state index in [4.69, 9.17) is 0 Å². The van der Waals surface area contributed by atoms with Gasteiger partial charge in [0.2, 0.25) is 0 Å². The first kappa shape index (κ1) is 16.4. The van der Waals surface area contributed by atoms with Crippen molar-refractivity contribution in [3.63, 3.8) is 0 Å². The van der Waals surface area contributed by atoms with E-state index in [9.17, 15) is 4.79 Å². The molecule has 0 spiro atoms. The molecule has 1 aliphatic heterocycles. The molecule has 0 radical (unpaired) electrons. The lowest BCUT2D eigenvalue weighted by Gasteiger charge is -2.32. The van der Waals surface area contributed by atoms with E-state index in [0.29, 0.717) is 0 Å². The molecule has 5 heteroatoms. The van der Waals surface area contributed by atoms with Crippen LogP contribution in [0, 0.1) is 0 Å². The number of amides is 1. The molecular weight excluding hydrogens is 330 g/mol. The molecule has 0 bridgehead atoms. The van der Waals surface area contributed by atoms with Gasteiger partial charge in [0.05, 0.1) is 0 Å². The third kappa shape index (κ3) is 3.62. The molecule has 1 saturated heterocycles. The SMILES string of the molecule is Cn1ccc2ccc(C(=O)NC3CCCN(Cc4cccs4)C3)cc21. The first-order valence-corrected chi connectivity index (χ1v) is 9.68. The van der Waals surface area contributed by atoms with Gasteiger partial charge in [-0.3, -0.25) is 9.69 Å². The fourth-order valence-electron chi connectivity index (χ4n) is 3.61. The number of carbonyl (C=O) groups is 1. The third-order valence-electron chi connectivity index (χ3n) is 4.95. The zero-order valence-corrected chi connectivity index (χ0v) is 15.3. The molecule has 4 nitrogen and oxygen atoms in total. The van der Waals surface area contributed by atoms with E-state index < -0.39 is 0 Å². The van der Waals surface area contributed by atoms with Crippen molar-refractivity contribution in [2.75, 3.05) is 13.1 Å². The van der Waals surface area contributed by atoms with Crippen molar-refractivity contribution in [2.24, 2.45) is 7.05 Å². The highest BCUT2D eigenvalue weighted by molar-refractivity contribution is 7.09. The van der Waals surface area contributed by atoms with Crippen LogP contribution in [0.1, 0.15) is 28.1 Å². The predicted molar refractivity (Wildman–Crippen MR) is 103 cm³/mol. The van der Waals surface area contributed by atoms with Gasteiger partial charge in [-0.1, -0.05) is 12.1 Å². The number of carbonyl (C=O) groups excluding carboxylic acids is 1. The second-order valence-electron chi connectivity index (χ2n) is 6.83. The lowest BCUT2D eigenvalue weighted by atomic mass is 10.0. The first-order chi connectivity index (χ1) is 12.2. The molecule has 3 heterocycles. The summed E-state index contributed by atoms with van der Waals surface area (Å²) in [5.41, 5.74) is 1.83. The maximum Gasteiger partial charge on any atom is 0.251 e. The summed E-state index contributed by atoms with van der Waals surface area (Å²) in [5, 5.41) is 6.52. The molecule has 25 heavy (non-hydrogen) atoms. The van der Waals surface area contributed by atoms with Crippen molar-refractivity contribution in [3.8, 4) is 0 Å². The quantitative estimate of drug-likeness (QED) is 0.778. The monoisotopic (exact) mass is 353 g/mol. The van der Waals surface area contributed by atoms with Gasteiger partial charge in [-0.15, -0.1) is 11.3 Å². The molecule has 2 aromatic heterocycles. The van der Waals surface area contributed by atoms with E-state index in [1.807, 2.05) is 31.4 Å². The Labute approximate surface area is 152 Å². The maximum atomic E-state index is 12.7. The number of aryl methyl sites for hydroxylation is 1. The van der Waals surface area contributed by atoms with Crippen LogP contribution in [-0.2, 0) is 13.6 Å². The van der Waals surface area contributed by atoms with Gasteiger partial charge in [-0.2, -0.15) is 0 Å². The van der Waals surface area contributed by atoms with Crippen LogP contribution in [0.4, 0.5) is 0 Å². The number of piperidine rings is 1. The Balaban J connectivity index is 1.41. The third-order valence-corrected chi connectivity index (χ3v) is 5.81. The number of fused-ring (bicyclic) bond motifs is 1. The van der Waals surface area contributed by atoms with Crippen LogP contribution in [0.25, 0.3) is 10.9 Å². The number of thiophene rings is 1. The Hall–Kier alpha value is -2.11. The standard InChI is InChI=1S/C20H23N3OS/c1-22-10-8-15-6-7-16(12-19(15)22)20(24)21-17-4-2-9-23(13-17)14-18-5-3-11-25-18/h3,5-8,10-12,17H,2,4,9,13-14H2,1H3,(H,21,24). The summed E-state index contributed by atoms with van der Waals surface area (Å²) in [7, 11) is 2.01. The van der Waals surface area contributed by atoms with Crippen LogP contribution < -0.4 is 5.32 Å². The molecule has 1 atom stereocenters. The van der Waals surface area contributed by atoms with Crippen molar-refractivity contribution in [1.82, 2.24) is 14.8 Å². The predicted octanol–water partition coefficient (Wildman–Crippen LogP) is 3.63. The van der Waals surface area contributed by atoms with Gasteiger partial charge in [-0.25, -0.2) is 0 Å². The summed E-state index contributed by atoms with van der Waals surface area (Å²) in [4.78, 5) is 16.5. The van der Waals surface area contributed by atoms with Gasteiger partial charge in [0.1, 0.15) is 0 Å². The topological polar surface area (TPSA) is 37.3 Å². The average molecular weight is 353 g/mol. The normalized spacial score (nSPS) is 18.5. The number of aromatic nitrogens is 1. The second-order valence-corrected chi connectivity index (χ2v) is 7.86. The summed E-state index contributed by atoms with van der Waals surface area (Å²) in [6.45, 7) is 3.02. The van der Waals surface area contributed by atoms with Crippen LogP contribution in [0.5, 0.6) is 0 Å². The molecule has 3 aromatic rings. The van der Waals surface area contributed by atoms with Crippen molar-refractivity contribution in [1.29, 1.82) is 0 Å². The van der Waals surface area contributed by atoms with Crippen molar-refractivity contribution >= 4 is 28.1 Å². The van der Waals surface area contributed by atoms with E-state index in [-0.39, 0.29) is 11.9 Å². The van der Waals surface area contributed by atoms with Crippen LogP contribution in [-0.4, -0.2) is 34.5 Å². The van der Waals surface area contributed by atoms with Gasteiger partial charge >= 0.3 is 0 Å². The van der Waals surface area contributed by atoms with E-state index in [0.717, 1.165) is 43.6 Å². The lowest BCUT2D eigenvalue weighted by molar-refractivity contribution is 0.0901. The summed E-state index contributed by atoms with van der Waals surface area (Å²) < 4.78 is 2.05. The van der Waals surface area contributed by atoms with Crippen LogP contribution in [0.3, 0.4) is 0 Å². The first-order valence-electron chi connectivity index (χ1n) is 8.80. The zero-order valence-electron chi connectivity index (χ0n) is 14.4. The number of hydrogen-bond donors (Lipinski definition) is 1. The number of likely N-dealkylation sites (tertiary alicyclic amines) is 1. The summed E-state index contributed by atoms with van der Waals surface area (Å²) >= 11 is 1.80. The largest absolute Gasteiger partial charge is 0.351 e. The molecule has 0 saturated carbocycles. The number of nitrogens with one attached hydrogen (secondary N) is 1. The Morgan fingerprint density at radius 2 is 2.24 bits per heavy atom. The fourth-order valence-corrected chi connectivity index (χ4v) is 4.36. The minimum Gasteiger partial charge on any atom is -0.351 e. The lowest BCUT2D eigenvalue weighted by Crippen LogP contribution is -2.47. The van der Waals surface area contributed by atoms with E-state index in [1.165, 1.54) is 10.3 Å². The Morgan fingerprint density at radius 3 is 3.08 bits per heavy atom. The van der Waals surface area contributed by atoms with Crippen LogP contribution >= 0.6 is 11.3 Å². The fraction of sp³-hybridized carbons (Fsp3) is 0.350. The minimum atomic E-state index is 0.0334. The Morgan fingerprint density at radius 1 is 1.32 bits per heavy atom. The summed E-state index contributed by atoms with van der Waals surface area (Å²) in [6.07, 6.45) is 4.21. The minimum absolute atomic E-state index is 0.0334. The molecule has 1 aliphatic rings. The van der Waals surface area contributed by atoms with Gasteiger partial charge in [0, 0.05) is 48.3 Å².